The van der Waals surface area contributed by atoms with Crippen LogP contribution < -0.4 is 0 Å². The van der Waals surface area contributed by atoms with Crippen LogP contribution in [0.3, 0.4) is 0 Å². The van der Waals surface area contributed by atoms with Crippen LogP contribution in [0.15, 0.2) is 4.52 Å². The molecule has 4 nitrogen and oxygen atoms in total. The standard InChI is InChI=1S/C12H16F2N2O2/c1-7-2-4-8(5-3-7)12-15-10(18-16-12)6-9(17)11(13)14/h7-8,11H,2-6H2,1H3. The van der Waals surface area contributed by atoms with E-state index in [9.17, 15) is 13.6 Å². The van der Waals surface area contributed by atoms with Gasteiger partial charge in [-0.05, 0) is 18.8 Å². The van der Waals surface area contributed by atoms with Gasteiger partial charge < -0.3 is 4.52 Å². The van der Waals surface area contributed by atoms with Crippen molar-refractivity contribution in [2.24, 2.45) is 5.92 Å². The van der Waals surface area contributed by atoms with Crippen molar-refractivity contribution >= 4 is 5.78 Å². The Morgan fingerprint density at radius 1 is 1.39 bits per heavy atom. The highest BCUT2D eigenvalue weighted by Gasteiger charge is 2.25. The second-order valence-corrected chi connectivity index (χ2v) is 4.95. The van der Waals surface area contributed by atoms with Crippen LogP contribution in [-0.4, -0.2) is 22.3 Å². The van der Waals surface area contributed by atoms with E-state index in [1.165, 1.54) is 0 Å². The fraction of sp³-hybridized carbons (Fsp3) is 0.750. The van der Waals surface area contributed by atoms with Crippen molar-refractivity contribution in [3.63, 3.8) is 0 Å². The molecule has 0 bridgehead atoms. The van der Waals surface area contributed by atoms with E-state index < -0.39 is 18.6 Å². The summed E-state index contributed by atoms with van der Waals surface area (Å²) in [4.78, 5) is 14.9. The third-order valence-corrected chi connectivity index (χ3v) is 3.43. The first-order chi connectivity index (χ1) is 8.56. The zero-order valence-corrected chi connectivity index (χ0v) is 10.2. The molecule has 0 aromatic carbocycles. The molecule has 1 heterocycles. The minimum Gasteiger partial charge on any atom is -0.339 e. The van der Waals surface area contributed by atoms with E-state index in [0.717, 1.165) is 25.7 Å². The number of hydrogen-bond acceptors (Lipinski definition) is 4. The van der Waals surface area contributed by atoms with Gasteiger partial charge in [0.1, 0.15) is 0 Å². The first kappa shape index (κ1) is 13.1. The number of ketones is 1. The molecule has 100 valence electrons. The van der Waals surface area contributed by atoms with E-state index in [2.05, 4.69) is 17.1 Å². The molecule has 0 N–H and O–H groups in total. The number of Topliss-reactive ketones (excluding diaryl/α,β-unsaturated/α-hetero) is 1. The number of carbonyl (C=O) groups excluding carboxylic acids is 1. The van der Waals surface area contributed by atoms with E-state index in [4.69, 9.17) is 4.52 Å². The highest BCUT2D eigenvalue weighted by Crippen LogP contribution is 2.34. The Bertz CT molecular complexity index is 412. The lowest BCUT2D eigenvalue weighted by Crippen LogP contribution is -2.14. The molecule has 0 spiro atoms. The maximum absolute atomic E-state index is 12.1. The lowest BCUT2D eigenvalue weighted by molar-refractivity contribution is -0.129. The predicted molar refractivity (Wildman–Crippen MR) is 59.4 cm³/mol. The van der Waals surface area contributed by atoms with Crippen molar-refractivity contribution in [2.75, 3.05) is 0 Å². The van der Waals surface area contributed by atoms with Crippen molar-refractivity contribution in [3.8, 4) is 0 Å². The van der Waals surface area contributed by atoms with Crippen molar-refractivity contribution in [2.45, 2.75) is 51.4 Å². The van der Waals surface area contributed by atoms with Gasteiger partial charge in [-0.1, -0.05) is 24.9 Å². The fourth-order valence-electron chi connectivity index (χ4n) is 2.25. The van der Waals surface area contributed by atoms with E-state index in [1.807, 2.05) is 0 Å². The van der Waals surface area contributed by atoms with Gasteiger partial charge in [-0.2, -0.15) is 4.98 Å². The van der Waals surface area contributed by atoms with Crippen LogP contribution in [-0.2, 0) is 11.2 Å². The summed E-state index contributed by atoms with van der Waals surface area (Å²) in [6, 6.07) is 0. The average Bonchev–Trinajstić information content (AvgIpc) is 2.78. The van der Waals surface area contributed by atoms with Crippen LogP contribution in [0.4, 0.5) is 8.78 Å². The molecule has 1 aliphatic carbocycles. The lowest BCUT2D eigenvalue weighted by Gasteiger charge is -2.23. The topological polar surface area (TPSA) is 56.0 Å². The molecule has 1 aromatic rings. The second kappa shape index (κ2) is 5.54. The smallest absolute Gasteiger partial charge is 0.296 e. The van der Waals surface area contributed by atoms with Crippen molar-refractivity contribution in [1.82, 2.24) is 10.1 Å². The molecule has 0 radical (unpaired) electrons. The molecule has 1 fully saturated rings. The van der Waals surface area contributed by atoms with Crippen molar-refractivity contribution in [3.05, 3.63) is 11.7 Å². The van der Waals surface area contributed by atoms with Crippen LogP contribution in [0.25, 0.3) is 0 Å². The van der Waals surface area contributed by atoms with Gasteiger partial charge in [-0.3, -0.25) is 4.79 Å². The molecule has 0 amide bonds. The van der Waals surface area contributed by atoms with E-state index in [0.29, 0.717) is 11.7 Å². The summed E-state index contributed by atoms with van der Waals surface area (Å²) in [6.07, 6.45) is 0.755. The summed E-state index contributed by atoms with van der Waals surface area (Å²) < 4.78 is 29.0. The van der Waals surface area contributed by atoms with Gasteiger partial charge in [-0.15, -0.1) is 0 Å². The first-order valence-electron chi connectivity index (χ1n) is 6.19. The molecular weight excluding hydrogens is 242 g/mol. The predicted octanol–water partition coefficient (Wildman–Crippen LogP) is 2.74. The lowest BCUT2D eigenvalue weighted by atomic mass is 9.83. The molecule has 2 rings (SSSR count). The Morgan fingerprint density at radius 2 is 2.06 bits per heavy atom. The van der Waals surface area contributed by atoms with E-state index >= 15 is 0 Å². The van der Waals surface area contributed by atoms with Gasteiger partial charge in [0, 0.05) is 5.92 Å². The number of hydrogen-bond donors (Lipinski definition) is 0. The van der Waals surface area contributed by atoms with Crippen LogP contribution in [0.1, 0.15) is 50.2 Å². The summed E-state index contributed by atoms with van der Waals surface area (Å²) in [5.41, 5.74) is 0. The van der Waals surface area contributed by atoms with Gasteiger partial charge in [-0.25, -0.2) is 8.78 Å². The van der Waals surface area contributed by atoms with Crippen LogP contribution in [0, 0.1) is 5.92 Å². The molecule has 0 aliphatic heterocycles. The minimum absolute atomic E-state index is 0.00563. The average molecular weight is 258 g/mol. The molecular formula is C12H16F2N2O2. The normalized spacial score (nSPS) is 24.4. The molecule has 0 unspecified atom stereocenters. The molecule has 0 saturated heterocycles. The molecule has 1 saturated carbocycles. The number of nitrogens with zero attached hydrogens (tertiary/aromatic N) is 2. The molecule has 18 heavy (non-hydrogen) atoms. The highest BCUT2D eigenvalue weighted by molar-refractivity contribution is 5.82. The Kier molecular flexibility index (Phi) is 4.04. The third-order valence-electron chi connectivity index (χ3n) is 3.43. The summed E-state index contributed by atoms with van der Waals surface area (Å²) >= 11 is 0. The quantitative estimate of drug-likeness (QED) is 0.833. The maximum Gasteiger partial charge on any atom is 0.296 e. The van der Waals surface area contributed by atoms with E-state index in [1.54, 1.807) is 0 Å². The number of aromatic nitrogens is 2. The van der Waals surface area contributed by atoms with Crippen LogP contribution >= 0.6 is 0 Å². The Hall–Kier alpha value is -1.33. The van der Waals surface area contributed by atoms with Crippen molar-refractivity contribution < 1.29 is 18.1 Å². The molecule has 1 aromatic heterocycles. The fourth-order valence-corrected chi connectivity index (χ4v) is 2.25. The van der Waals surface area contributed by atoms with Gasteiger partial charge in [0.2, 0.25) is 11.7 Å². The third kappa shape index (κ3) is 3.11. The minimum atomic E-state index is -2.98. The number of halogens is 2. The molecule has 6 heteroatoms. The Balaban J connectivity index is 1.95. The molecule has 0 atom stereocenters. The van der Waals surface area contributed by atoms with Gasteiger partial charge in [0.25, 0.3) is 6.43 Å². The monoisotopic (exact) mass is 258 g/mol. The summed E-state index contributed by atoms with van der Waals surface area (Å²) in [5.74, 6) is 0.323. The van der Waals surface area contributed by atoms with Crippen LogP contribution in [0.5, 0.6) is 0 Å². The van der Waals surface area contributed by atoms with Crippen molar-refractivity contribution in [1.29, 1.82) is 0 Å². The van der Waals surface area contributed by atoms with Gasteiger partial charge in [0.15, 0.2) is 5.82 Å². The second-order valence-electron chi connectivity index (χ2n) is 4.95. The van der Waals surface area contributed by atoms with E-state index in [-0.39, 0.29) is 11.8 Å². The van der Waals surface area contributed by atoms with Gasteiger partial charge in [0.05, 0.1) is 6.42 Å². The summed E-state index contributed by atoms with van der Waals surface area (Å²) in [7, 11) is 0. The molecule has 1 aliphatic rings. The Morgan fingerprint density at radius 3 is 2.67 bits per heavy atom. The first-order valence-corrected chi connectivity index (χ1v) is 6.19. The van der Waals surface area contributed by atoms with Gasteiger partial charge >= 0.3 is 0 Å². The zero-order valence-electron chi connectivity index (χ0n) is 10.2. The van der Waals surface area contributed by atoms with Crippen LogP contribution in [0.2, 0.25) is 0 Å². The summed E-state index contributed by atoms with van der Waals surface area (Å²) in [5, 5.41) is 3.79. The number of rotatable bonds is 4. The SMILES string of the molecule is CC1CCC(c2noc(CC(=O)C(F)F)n2)CC1. The number of alkyl halides is 2. The zero-order chi connectivity index (χ0) is 13.1. The Labute approximate surface area is 104 Å². The highest BCUT2D eigenvalue weighted by atomic mass is 19.3. The maximum atomic E-state index is 12.1. The summed E-state index contributed by atoms with van der Waals surface area (Å²) in [6.45, 7) is 2.21. The largest absolute Gasteiger partial charge is 0.339 e. The number of carbonyl (C=O) groups is 1.